The summed E-state index contributed by atoms with van der Waals surface area (Å²) in [6, 6.07) is 8.79. The lowest BCUT2D eigenvalue weighted by atomic mass is 10.0. The van der Waals surface area contributed by atoms with Crippen LogP contribution in [0.15, 0.2) is 30.3 Å². The third kappa shape index (κ3) is 3.08. The van der Waals surface area contributed by atoms with Gasteiger partial charge in [0.15, 0.2) is 0 Å². The van der Waals surface area contributed by atoms with Gasteiger partial charge in [-0.25, -0.2) is 0 Å². The van der Waals surface area contributed by atoms with Gasteiger partial charge in [-0.1, -0.05) is 30.3 Å². The number of nitrogens with two attached hydrogens (primary N) is 1. The van der Waals surface area contributed by atoms with Crippen LogP contribution >= 0.6 is 0 Å². The van der Waals surface area contributed by atoms with Crippen LogP contribution in [-0.2, 0) is 20.7 Å². The SMILES string of the molecule is N[C@H](Cc1ccccc1)C(=O)N[C@@H]1CO[C@H]2[C@@H]1OC[C@H]2O. The van der Waals surface area contributed by atoms with Crippen molar-refractivity contribution in [1.29, 1.82) is 0 Å². The van der Waals surface area contributed by atoms with Gasteiger partial charge >= 0.3 is 0 Å². The molecule has 0 unspecified atom stereocenters. The van der Waals surface area contributed by atoms with E-state index >= 15 is 0 Å². The lowest BCUT2D eigenvalue weighted by Gasteiger charge is -2.20. The number of fused-ring (bicyclic) bond motifs is 1. The Morgan fingerprint density at radius 2 is 2.00 bits per heavy atom. The second kappa shape index (κ2) is 6.11. The van der Waals surface area contributed by atoms with Crippen molar-refractivity contribution in [2.75, 3.05) is 13.2 Å². The van der Waals surface area contributed by atoms with Crippen LogP contribution in [0.5, 0.6) is 0 Å². The number of benzene rings is 1. The van der Waals surface area contributed by atoms with E-state index in [9.17, 15) is 9.90 Å². The van der Waals surface area contributed by atoms with Crippen LogP contribution in [0.3, 0.4) is 0 Å². The maximum absolute atomic E-state index is 12.2. The summed E-state index contributed by atoms with van der Waals surface area (Å²) >= 11 is 0. The first-order valence-corrected chi connectivity index (χ1v) is 7.16. The molecule has 0 radical (unpaired) electrons. The van der Waals surface area contributed by atoms with Gasteiger partial charge < -0.3 is 25.6 Å². The summed E-state index contributed by atoms with van der Waals surface area (Å²) in [5.41, 5.74) is 6.97. The highest BCUT2D eigenvalue weighted by Crippen LogP contribution is 2.26. The topological polar surface area (TPSA) is 93.8 Å². The Labute approximate surface area is 123 Å². The minimum atomic E-state index is -0.616. The van der Waals surface area contributed by atoms with E-state index in [0.29, 0.717) is 13.0 Å². The molecule has 2 heterocycles. The molecule has 1 aromatic rings. The maximum atomic E-state index is 12.2. The summed E-state index contributed by atoms with van der Waals surface area (Å²) in [5.74, 6) is -0.224. The van der Waals surface area contributed by atoms with Crippen LogP contribution in [0.25, 0.3) is 0 Å². The molecular weight excluding hydrogens is 272 g/mol. The molecule has 0 bridgehead atoms. The highest BCUT2D eigenvalue weighted by Gasteiger charge is 2.47. The van der Waals surface area contributed by atoms with E-state index in [-0.39, 0.29) is 30.8 Å². The highest BCUT2D eigenvalue weighted by atomic mass is 16.6. The van der Waals surface area contributed by atoms with Gasteiger partial charge in [0.2, 0.25) is 5.91 Å². The maximum Gasteiger partial charge on any atom is 0.237 e. The second-order valence-electron chi connectivity index (χ2n) is 5.57. The van der Waals surface area contributed by atoms with Crippen molar-refractivity contribution in [3.63, 3.8) is 0 Å². The van der Waals surface area contributed by atoms with Crippen molar-refractivity contribution in [3.05, 3.63) is 35.9 Å². The third-order valence-corrected chi connectivity index (χ3v) is 3.99. The lowest BCUT2D eigenvalue weighted by Crippen LogP contribution is -2.50. The normalized spacial score (nSPS) is 32.7. The molecule has 114 valence electrons. The number of carbonyl (C=O) groups excluding carboxylic acids is 1. The zero-order valence-electron chi connectivity index (χ0n) is 11.6. The Morgan fingerprint density at radius 1 is 1.29 bits per heavy atom. The molecule has 1 aromatic carbocycles. The molecule has 1 amide bonds. The monoisotopic (exact) mass is 292 g/mol. The van der Waals surface area contributed by atoms with Gasteiger partial charge in [0.25, 0.3) is 0 Å². The van der Waals surface area contributed by atoms with Crippen LogP contribution in [-0.4, -0.2) is 54.6 Å². The summed E-state index contributed by atoms with van der Waals surface area (Å²) in [6.07, 6.45) is -0.763. The summed E-state index contributed by atoms with van der Waals surface area (Å²) in [4.78, 5) is 12.2. The molecule has 4 N–H and O–H groups in total. The molecule has 0 aliphatic carbocycles. The number of nitrogens with one attached hydrogen (secondary N) is 1. The van der Waals surface area contributed by atoms with Crippen LogP contribution in [0, 0.1) is 0 Å². The van der Waals surface area contributed by atoms with E-state index in [1.54, 1.807) is 0 Å². The zero-order chi connectivity index (χ0) is 14.8. The van der Waals surface area contributed by atoms with Crippen molar-refractivity contribution < 1.29 is 19.4 Å². The van der Waals surface area contributed by atoms with E-state index in [0.717, 1.165) is 5.56 Å². The van der Waals surface area contributed by atoms with Gasteiger partial charge in [0.05, 0.1) is 25.3 Å². The third-order valence-electron chi connectivity index (χ3n) is 3.99. The van der Waals surface area contributed by atoms with Crippen LogP contribution < -0.4 is 11.1 Å². The van der Waals surface area contributed by atoms with Crippen molar-refractivity contribution in [1.82, 2.24) is 5.32 Å². The number of carbonyl (C=O) groups is 1. The van der Waals surface area contributed by atoms with Crippen LogP contribution in [0.2, 0.25) is 0 Å². The van der Waals surface area contributed by atoms with Crippen LogP contribution in [0.1, 0.15) is 5.56 Å². The number of hydrogen-bond acceptors (Lipinski definition) is 5. The van der Waals surface area contributed by atoms with Gasteiger partial charge in [-0.05, 0) is 12.0 Å². The first kappa shape index (κ1) is 14.5. The molecule has 3 rings (SSSR count). The van der Waals surface area contributed by atoms with Crippen molar-refractivity contribution in [3.8, 4) is 0 Å². The number of aliphatic hydroxyl groups excluding tert-OH is 1. The van der Waals surface area contributed by atoms with Crippen LogP contribution in [0.4, 0.5) is 0 Å². The molecule has 2 fully saturated rings. The van der Waals surface area contributed by atoms with Gasteiger partial charge in [0, 0.05) is 0 Å². The van der Waals surface area contributed by atoms with E-state index in [1.165, 1.54) is 0 Å². The molecule has 5 atom stereocenters. The van der Waals surface area contributed by atoms with E-state index in [2.05, 4.69) is 5.32 Å². The quantitative estimate of drug-likeness (QED) is 0.675. The molecule has 21 heavy (non-hydrogen) atoms. The van der Waals surface area contributed by atoms with Gasteiger partial charge in [-0.15, -0.1) is 0 Å². The smallest absolute Gasteiger partial charge is 0.237 e. The lowest BCUT2D eigenvalue weighted by molar-refractivity contribution is -0.123. The molecule has 2 saturated heterocycles. The summed E-state index contributed by atoms with van der Waals surface area (Å²) in [6.45, 7) is 0.591. The average Bonchev–Trinajstić information content (AvgIpc) is 3.04. The number of aliphatic hydroxyl groups is 1. The number of amides is 1. The first-order valence-electron chi connectivity index (χ1n) is 7.16. The molecule has 2 aliphatic rings. The summed E-state index contributed by atoms with van der Waals surface area (Å²) in [7, 11) is 0. The zero-order valence-corrected chi connectivity index (χ0v) is 11.6. The number of ether oxygens (including phenoxy) is 2. The van der Waals surface area contributed by atoms with Crippen molar-refractivity contribution in [2.45, 2.75) is 36.8 Å². The fourth-order valence-corrected chi connectivity index (χ4v) is 2.85. The van der Waals surface area contributed by atoms with Gasteiger partial charge in [-0.3, -0.25) is 4.79 Å². The predicted octanol–water partition coefficient (Wildman–Crippen LogP) is -0.800. The minimum Gasteiger partial charge on any atom is -0.388 e. The minimum absolute atomic E-state index is 0.224. The molecule has 6 heteroatoms. The molecule has 6 nitrogen and oxygen atoms in total. The van der Waals surface area contributed by atoms with Gasteiger partial charge in [-0.2, -0.15) is 0 Å². The summed E-state index contributed by atoms with van der Waals surface area (Å²) < 4.78 is 10.9. The largest absolute Gasteiger partial charge is 0.388 e. The molecule has 0 aromatic heterocycles. The standard InChI is InChI=1S/C15H20N2O4/c16-10(6-9-4-2-1-3-5-9)15(19)17-11-7-20-14-12(18)8-21-13(11)14/h1-5,10-14,18H,6-8,16H2,(H,17,19)/t10-,11-,12-,13-,14-/m1/s1. The van der Waals surface area contributed by atoms with Crippen molar-refractivity contribution >= 4 is 5.91 Å². The number of hydrogen-bond donors (Lipinski definition) is 3. The predicted molar refractivity (Wildman–Crippen MR) is 75.5 cm³/mol. The number of rotatable bonds is 4. The first-order chi connectivity index (χ1) is 10.1. The Hall–Kier alpha value is -1.47. The van der Waals surface area contributed by atoms with E-state index in [1.807, 2.05) is 30.3 Å². The second-order valence-corrected chi connectivity index (χ2v) is 5.57. The van der Waals surface area contributed by atoms with Crippen molar-refractivity contribution in [2.24, 2.45) is 5.73 Å². The Morgan fingerprint density at radius 3 is 2.76 bits per heavy atom. The van der Waals surface area contributed by atoms with E-state index in [4.69, 9.17) is 15.2 Å². The Bertz CT molecular complexity index is 496. The fraction of sp³-hybridized carbons (Fsp3) is 0.533. The summed E-state index contributed by atoms with van der Waals surface area (Å²) in [5, 5.41) is 12.5. The van der Waals surface area contributed by atoms with E-state index < -0.39 is 12.1 Å². The van der Waals surface area contributed by atoms with Gasteiger partial charge in [0.1, 0.15) is 18.3 Å². The fourth-order valence-electron chi connectivity index (χ4n) is 2.85. The molecular formula is C15H20N2O4. The highest BCUT2D eigenvalue weighted by molar-refractivity contribution is 5.82. The Balaban J connectivity index is 1.54. The molecule has 0 spiro atoms. The molecule has 0 saturated carbocycles. The Kier molecular flexibility index (Phi) is 4.21. The average molecular weight is 292 g/mol. The molecule has 2 aliphatic heterocycles.